The van der Waals surface area contributed by atoms with E-state index in [1.165, 1.54) is 0 Å². The molecule has 2 atom stereocenters. The Balaban J connectivity index is 1.84. The topological polar surface area (TPSA) is 63.4 Å². The Morgan fingerprint density at radius 2 is 2.33 bits per heavy atom. The molecule has 2 saturated heterocycles. The first-order valence-corrected chi connectivity index (χ1v) is 7.61. The van der Waals surface area contributed by atoms with Crippen molar-refractivity contribution in [1.29, 1.82) is 5.26 Å². The molecule has 0 spiro atoms. The number of rotatable bonds is 2. The third-order valence-electron chi connectivity index (χ3n) is 5.21. The molecule has 3 rings (SSSR count). The first-order valence-electron chi connectivity index (χ1n) is 7.61. The number of hydrogen-bond donors (Lipinski definition) is 1. The van der Waals surface area contributed by atoms with E-state index in [1.807, 2.05) is 6.07 Å². The van der Waals surface area contributed by atoms with Gasteiger partial charge >= 0.3 is 0 Å². The lowest BCUT2D eigenvalue weighted by Gasteiger charge is -2.53. The number of nitriles is 1. The number of anilines is 1. The summed E-state index contributed by atoms with van der Waals surface area (Å²) in [5.41, 5.74) is 0.687. The van der Waals surface area contributed by atoms with E-state index in [0.29, 0.717) is 11.6 Å². The summed E-state index contributed by atoms with van der Waals surface area (Å²) in [6.07, 6.45) is 4.96. The average Bonchev–Trinajstić information content (AvgIpc) is 2.55. The number of likely N-dealkylation sites (tertiary alicyclic amines) is 1. The fraction of sp³-hybridized carbons (Fsp3) is 0.625. The standard InChI is InChI=1S/C16H22N4O/c1-19-7-2-4-16(12-21)5-8-20(11-14(16)19)15-9-13(10-17)3-6-18-15/h3,6,9,14,21H,2,4-5,7-8,11-12H2,1H3/t14-,16-/m1/s1. The zero-order valence-electron chi connectivity index (χ0n) is 12.5. The molecule has 21 heavy (non-hydrogen) atoms. The highest BCUT2D eigenvalue weighted by atomic mass is 16.3. The van der Waals surface area contributed by atoms with Crippen molar-refractivity contribution < 1.29 is 5.11 Å². The van der Waals surface area contributed by atoms with E-state index in [0.717, 1.165) is 44.7 Å². The molecular formula is C16H22N4O. The highest BCUT2D eigenvalue weighted by Crippen LogP contribution is 2.42. The summed E-state index contributed by atoms with van der Waals surface area (Å²) in [5, 5.41) is 19.0. The van der Waals surface area contributed by atoms with Crippen molar-refractivity contribution in [2.24, 2.45) is 5.41 Å². The van der Waals surface area contributed by atoms with Crippen molar-refractivity contribution in [1.82, 2.24) is 9.88 Å². The smallest absolute Gasteiger partial charge is 0.129 e. The van der Waals surface area contributed by atoms with Crippen LogP contribution in [0.1, 0.15) is 24.8 Å². The van der Waals surface area contributed by atoms with Gasteiger partial charge in [-0.3, -0.25) is 0 Å². The summed E-state index contributed by atoms with van der Waals surface area (Å²) in [5.74, 6) is 0.875. The molecule has 2 aliphatic heterocycles. The van der Waals surface area contributed by atoms with Gasteiger partial charge < -0.3 is 14.9 Å². The SMILES string of the molecule is CN1CCC[C@]2(CO)CCN(c3cc(C#N)ccn3)C[C@@H]12. The number of fused-ring (bicyclic) bond motifs is 1. The fourth-order valence-electron chi connectivity index (χ4n) is 3.89. The second-order valence-electron chi connectivity index (χ2n) is 6.33. The predicted octanol–water partition coefficient (Wildman–Crippen LogP) is 1.24. The number of piperidine rings is 2. The molecular weight excluding hydrogens is 264 g/mol. The third-order valence-corrected chi connectivity index (χ3v) is 5.21. The Morgan fingerprint density at radius 3 is 3.10 bits per heavy atom. The number of pyridine rings is 1. The number of hydrogen-bond acceptors (Lipinski definition) is 5. The molecule has 0 saturated carbocycles. The number of nitrogens with zero attached hydrogens (tertiary/aromatic N) is 4. The van der Waals surface area contributed by atoms with Crippen LogP contribution in [0.25, 0.3) is 0 Å². The van der Waals surface area contributed by atoms with Crippen LogP contribution < -0.4 is 4.90 Å². The van der Waals surface area contributed by atoms with E-state index in [9.17, 15) is 5.11 Å². The maximum absolute atomic E-state index is 9.93. The molecule has 0 aliphatic carbocycles. The van der Waals surface area contributed by atoms with E-state index in [-0.39, 0.29) is 12.0 Å². The van der Waals surface area contributed by atoms with Gasteiger partial charge in [-0.25, -0.2) is 4.98 Å². The normalized spacial score (nSPS) is 29.8. The summed E-state index contributed by atoms with van der Waals surface area (Å²) in [7, 11) is 2.15. The maximum atomic E-state index is 9.93. The fourth-order valence-corrected chi connectivity index (χ4v) is 3.89. The Kier molecular flexibility index (Phi) is 3.83. The van der Waals surface area contributed by atoms with Gasteiger partial charge in [-0.1, -0.05) is 0 Å². The largest absolute Gasteiger partial charge is 0.396 e. The van der Waals surface area contributed by atoms with Crippen LogP contribution in [0.3, 0.4) is 0 Å². The van der Waals surface area contributed by atoms with Crippen molar-refractivity contribution in [2.75, 3.05) is 38.2 Å². The van der Waals surface area contributed by atoms with Gasteiger partial charge in [0.1, 0.15) is 5.82 Å². The van der Waals surface area contributed by atoms with Crippen LogP contribution in [-0.2, 0) is 0 Å². The van der Waals surface area contributed by atoms with Gasteiger partial charge in [-0.15, -0.1) is 0 Å². The summed E-state index contributed by atoms with van der Waals surface area (Å²) in [4.78, 5) is 9.04. The number of aliphatic hydroxyl groups excluding tert-OH is 1. The Labute approximate surface area is 125 Å². The molecule has 0 radical (unpaired) electrons. The lowest BCUT2D eigenvalue weighted by molar-refractivity contribution is -0.0277. The van der Waals surface area contributed by atoms with Crippen molar-refractivity contribution in [3.05, 3.63) is 23.9 Å². The van der Waals surface area contributed by atoms with Crippen molar-refractivity contribution >= 4 is 5.82 Å². The summed E-state index contributed by atoms with van der Waals surface area (Å²) >= 11 is 0. The average molecular weight is 286 g/mol. The Morgan fingerprint density at radius 1 is 1.48 bits per heavy atom. The van der Waals surface area contributed by atoms with Gasteiger partial charge in [-0.2, -0.15) is 5.26 Å². The van der Waals surface area contributed by atoms with Crippen molar-refractivity contribution in [3.63, 3.8) is 0 Å². The third kappa shape index (κ3) is 2.50. The van der Waals surface area contributed by atoms with E-state index < -0.39 is 0 Å². The zero-order chi connectivity index (χ0) is 14.9. The molecule has 5 heteroatoms. The molecule has 0 unspecified atom stereocenters. The van der Waals surface area contributed by atoms with E-state index in [2.05, 4.69) is 27.9 Å². The quantitative estimate of drug-likeness (QED) is 0.886. The zero-order valence-corrected chi connectivity index (χ0v) is 12.5. The summed E-state index contributed by atoms with van der Waals surface area (Å²) < 4.78 is 0. The van der Waals surface area contributed by atoms with E-state index >= 15 is 0 Å². The number of likely N-dealkylation sites (N-methyl/N-ethyl adjacent to an activating group) is 1. The second kappa shape index (κ2) is 5.63. The van der Waals surface area contributed by atoms with Gasteiger partial charge in [0.05, 0.1) is 18.2 Å². The predicted molar refractivity (Wildman–Crippen MR) is 81.0 cm³/mol. The van der Waals surface area contributed by atoms with E-state index in [1.54, 1.807) is 12.3 Å². The van der Waals surface area contributed by atoms with Crippen LogP contribution in [0.15, 0.2) is 18.3 Å². The number of aromatic nitrogens is 1. The molecule has 2 aliphatic rings. The number of aliphatic hydroxyl groups is 1. The molecule has 1 N–H and O–H groups in total. The molecule has 112 valence electrons. The summed E-state index contributed by atoms with van der Waals surface area (Å²) in [6, 6.07) is 6.12. The molecule has 3 heterocycles. The van der Waals surface area contributed by atoms with Crippen LogP contribution >= 0.6 is 0 Å². The molecule has 0 amide bonds. The molecule has 0 aromatic carbocycles. The molecule has 0 bridgehead atoms. The Hall–Kier alpha value is -1.64. The van der Waals surface area contributed by atoms with Gasteiger partial charge in [0.2, 0.25) is 0 Å². The minimum atomic E-state index is 0.0380. The second-order valence-corrected chi connectivity index (χ2v) is 6.33. The lowest BCUT2D eigenvalue weighted by atomic mass is 9.69. The highest BCUT2D eigenvalue weighted by Gasteiger charge is 2.46. The first kappa shape index (κ1) is 14.3. The minimum absolute atomic E-state index is 0.0380. The minimum Gasteiger partial charge on any atom is -0.396 e. The molecule has 1 aromatic rings. The van der Waals surface area contributed by atoms with Gasteiger partial charge in [0.15, 0.2) is 0 Å². The van der Waals surface area contributed by atoms with E-state index in [4.69, 9.17) is 5.26 Å². The highest BCUT2D eigenvalue weighted by molar-refractivity contribution is 5.45. The molecule has 1 aromatic heterocycles. The van der Waals surface area contributed by atoms with Crippen molar-refractivity contribution in [2.45, 2.75) is 25.3 Å². The van der Waals surface area contributed by atoms with Crippen LogP contribution in [0.2, 0.25) is 0 Å². The van der Waals surface area contributed by atoms with Crippen LogP contribution in [0, 0.1) is 16.7 Å². The Bertz CT molecular complexity index is 555. The van der Waals surface area contributed by atoms with Gasteiger partial charge in [0.25, 0.3) is 0 Å². The summed E-state index contributed by atoms with van der Waals surface area (Å²) in [6.45, 7) is 3.12. The molecule has 5 nitrogen and oxygen atoms in total. The first-order chi connectivity index (χ1) is 10.2. The van der Waals surface area contributed by atoms with Crippen LogP contribution in [0.4, 0.5) is 5.82 Å². The monoisotopic (exact) mass is 286 g/mol. The van der Waals surface area contributed by atoms with Gasteiger partial charge in [-0.05, 0) is 45.0 Å². The maximum Gasteiger partial charge on any atom is 0.129 e. The lowest BCUT2D eigenvalue weighted by Crippen LogP contribution is -2.61. The van der Waals surface area contributed by atoms with Crippen LogP contribution in [-0.4, -0.2) is 54.3 Å². The van der Waals surface area contributed by atoms with Crippen LogP contribution in [0.5, 0.6) is 0 Å². The van der Waals surface area contributed by atoms with Gasteiger partial charge in [0, 0.05) is 30.7 Å². The molecule has 2 fully saturated rings. The van der Waals surface area contributed by atoms with Crippen molar-refractivity contribution in [3.8, 4) is 6.07 Å².